The molecule has 79 heavy (non-hydrogen) atoms. The molecule has 15 rings (SSSR count). The van der Waals surface area contributed by atoms with E-state index in [2.05, 4.69) is 127 Å². The number of pyridine rings is 3. The molecule has 0 spiro atoms. The maximum absolute atomic E-state index is 6.19. The van der Waals surface area contributed by atoms with E-state index in [-0.39, 0.29) is 20.1 Å². The topological polar surface area (TPSA) is 78.1 Å². The van der Waals surface area contributed by atoms with Gasteiger partial charge in [0.25, 0.3) is 0 Å². The molecule has 9 aromatic carbocycles. The number of rotatable bonds is 6. The molecule has 0 fully saturated rings. The van der Waals surface area contributed by atoms with Crippen LogP contribution in [0.5, 0.6) is 0 Å². The molecule has 0 unspecified atom stereocenters. The molecule has 6 heterocycles. The molecule has 0 radical (unpaired) electrons. The fourth-order valence-electron chi connectivity index (χ4n) is 10.5. The fourth-order valence-corrected chi connectivity index (χ4v) is 10.5. The molecule has 0 atom stereocenters. The molecule has 7 heteroatoms. The van der Waals surface area contributed by atoms with E-state index in [1.54, 1.807) is 0 Å². The number of nitrogens with zero attached hydrogens (tertiary/aromatic N) is 3. The van der Waals surface area contributed by atoms with Crippen molar-refractivity contribution in [3.8, 4) is 67.2 Å². The average molecular weight is 1200 g/mol. The van der Waals surface area contributed by atoms with E-state index >= 15 is 0 Å². The quantitative estimate of drug-likeness (QED) is 0.154. The number of hydrogen-bond donors (Lipinski definition) is 0. The van der Waals surface area contributed by atoms with Gasteiger partial charge in [0.05, 0.1) is 16.7 Å². The summed E-state index contributed by atoms with van der Waals surface area (Å²) in [7, 11) is 0. The van der Waals surface area contributed by atoms with Gasteiger partial charge in [0.15, 0.2) is 0 Å². The number of furan rings is 3. The van der Waals surface area contributed by atoms with Gasteiger partial charge >= 0.3 is 20.1 Å². The van der Waals surface area contributed by atoms with Crippen molar-refractivity contribution in [3.63, 3.8) is 0 Å². The summed E-state index contributed by atoms with van der Waals surface area (Å²) in [6.45, 7) is 6.29. The fraction of sp³-hybridized carbons (Fsp3) is 0.0417. The van der Waals surface area contributed by atoms with Crippen molar-refractivity contribution in [2.75, 3.05) is 0 Å². The summed E-state index contributed by atoms with van der Waals surface area (Å²) in [6.07, 6.45) is 5.54. The molecule has 378 valence electrons. The second kappa shape index (κ2) is 21.8. The van der Waals surface area contributed by atoms with Gasteiger partial charge in [0.2, 0.25) is 0 Å². The zero-order valence-corrected chi connectivity index (χ0v) is 45.8. The Kier molecular flexibility index (Phi) is 13.9. The molecular weight excluding hydrogens is 1150 g/mol. The second-order valence-electron chi connectivity index (χ2n) is 19.3. The summed E-state index contributed by atoms with van der Waals surface area (Å²) >= 11 is 0. The summed E-state index contributed by atoms with van der Waals surface area (Å²) in [5, 5.41) is 6.82. The van der Waals surface area contributed by atoms with E-state index in [1.165, 1.54) is 16.7 Å². The number of aryl methyl sites for hydroxylation is 3. The van der Waals surface area contributed by atoms with Crippen LogP contribution in [0.4, 0.5) is 0 Å². The number of hydrogen-bond acceptors (Lipinski definition) is 6. The summed E-state index contributed by atoms with van der Waals surface area (Å²) in [4.78, 5) is 13.8. The van der Waals surface area contributed by atoms with Crippen LogP contribution >= 0.6 is 0 Å². The minimum atomic E-state index is 0. The van der Waals surface area contributed by atoms with E-state index in [0.29, 0.717) is 0 Å². The molecule has 0 amide bonds. The van der Waals surface area contributed by atoms with Gasteiger partial charge in [-0.25, -0.2) is 0 Å². The molecule has 0 saturated carbocycles. The van der Waals surface area contributed by atoms with E-state index < -0.39 is 0 Å². The second-order valence-corrected chi connectivity index (χ2v) is 19.3. The number of aromatic nitrogens is 3. The number of fused-ring (bicyclic) bond motifs is 9. The summed E-state index contributed by atoms with van der Waals surface area (Å²) in [6, 6.07) is 84.0. The molecule has 0 bridgehead atoms. The Balaban J connectivity index is 0.000000118. The summed E-state index contributed by atoms with van der Waals surface area (Å²) < 4.78 is 18.6. The predicted molar refractivity (Wildman–Crippen MR) is 318 cm³/mol. The van der Waals surface area contributed by atoms with E-state index in [9.17, 15) is 0 Å². The van der Waals surface area contributed by atoms with E-state index in [0.717, 1.165) is 133 Å². The van der Waals surface area contributed by atoms with Crippen molar-refractivity contribution in [2.45, 2.75) is 20.8 Å². The molecular formula is C72H48IrN3O3. The smallest absolute Gasteiger partial charge is 0.501 e. The van der Waals surface area contributed by atoms with Gasteiger partial charge in [-0.2, -0.15) is 0 Å². The molecule has 6 nitrogen and oxygen atoms in total. The maximum atomic E-state index is 6.19. The molecule has 6 aromatic heterocycles. The third kappa shape index (κ3) is 9.72. The minimum absolute atomic E-state index is 0. The van der Waals surface area contributed by atoms with Crippen molar-refractivity contribution in [1.82, 2.24) is 15.0 Å². The van der Waals surface area contributed by atoms with Crippen LogP contribution in [0.1, 0.15) is 16.7 Å². The van der Waals surface area contributed by atoms with Gasteiger partial charge in [-0.3, -0.25) is 0 Å². The summed E-state index contributed by atoms with van der Waals surface area (Å²) in [5.41, 5.74) is 20.9. The van der Waals surface area contributed by atoms with Crippen molar-refractivity contribution >= 4 is 65.8 Å². The largest absolute Gasteiger partial charge is 3.00 e. The van der Waals surface area contributed by atoms with Crippen LogP contribution in [-0.2, 0) is 20.1 Å². The SMILES string of the molecule is Cc1c[c-]c(-c2cc(-c3ccccc3)ccn2)c2oc3ccccc3c12.Cc1c[c-]c(-c2cc(-c3ccccc3)ccn2)c2oc3ccccc3c12.Cc1c[c-]c(-c2cc(-c3ccccc3)ccn2)c2oc3ccccc3c12.[Ir+3]. The first-order chi connectivity index (χ1) is 38.4. The van der Waals surface area contributed by atoms with Crippen molar-refractivity contribution in [3.05, 3.63) is 272 Å². The van der Waals surface area contributed by atoms with E-state index in [4.69, 9.17) is 13.3 Å². The van der Waals surface area contributed by atoms with Crippen molar-refractivity contribution in [2.24, 2.45) is 0 Å². The Hall–Kier alpha value is -9.52. The van der Waals surface area contributed by atoms with Crippen molar-refractivity contribution in [1.29, 1.82) is 0 Å². The van der Waals surface area contributed by atoms with Gasteiger partial charge in [0, 0.05) is 34.7 Å². The molecule has 0 aliphatic heterocycles. The maximum Gasteiger partial charge on any atom is 3.00 e. The van der Waals surface area contributed by atoms with Crippen LogP contribution in [0.2, 0.25) is 0 Å². The first kappa shape index (κ1) is 50.3. The molecule has 0 aliphatic carbocycles. The standard InChI is InChI=1S/3C24H16NO.Ir/c3*1-16-11-12-19(24-23(16)20-9-5-6-10-22(20)26-24)21-15-18(13-14-25-21)17-7-3-2-4-8-17;/h3*2-11,13-15H,1H3;/q3*-1;+3. The van der Waals surface area contributed by atoms with Crippen LogP contribution in [-0.4, -0.2) is 15.0 Å². The third-order valence-electron chi connectivity index (χ3n) is 14.3. The first-order valence-electron chi connectivity index (χ1n) is 26.0. The Morgan fingerprint density at radius 2 is 0.570 bits per heavy atom. The molecule has 0 aliphatic rings. The van der Waals surface area contributed by atoms with Crippen LogP contribution in [0.3, 0.4) is 0 Å². The Morgan fingerprint density at radius 1 is 0.304 bits per heavy atom. The van der Waals surface area contributed by atoms with Crippen LogP contribution in [0.25, 0.3) is 133 Å². The average Bonchev–Trinajstić information content (AvgIpc) is 4.29. The summed E-state index contributed by atoms with van der Waals surface area (Å²) in [5.74, 6) is 0. The van der Waals surface area contributed by atoms with E-state index in [1.807, 2.05) is 164 Å². The van der Waals surface area contributed by atoms with Crippen molar-refractivity contribution < 1.29 is 33.4 Å². The van der Waals surface area contributed by atoms with Gasteiger partial charge in [-0.15, -0.1) is 53.1 Å². The Labute approximate surface area is 471 Å². The first-order valence-corrected chi connectivity index (χ1v) is 26.0. The normalized spacial score (nSPS) is 11.1. The Morgan fingerprint density at radius 3 is 0.861 bits per heavy atom. The number of benzene rings is 9. The van der Waals surface area contributed by atoms with Crippen LogP contribution < -0.4 is 0 Å². The monoisotopic (exact) mass is 1200 g/mol. The Bertz CT molecular complexity index is 4190. The zero-order chi connectivity index (χ0) is 52.5. The van der Waals surface area contributed by atoms with Crippen LogP contribution in [0.15, 0.2) is 250 Å². The van der Waals surface area contributed by atoms with Gasteiger partial charge in [-0.05, 0) is 86.9 Å². The molecule has 0 N–H and O–H groups in total. The molecule has 0 saturated heterocycles. The third-order valence-corrected chi connectivity index (χ3v) is 14.3. The minimum Gasteiger partial charge on any atom is -0.501 e. The predicted octanol–water partition coefficient (Wildman–Crippen LogP) is 19.3. The van der Waals surface area contributed by atoms with Gasteiger partial charge < -0.3 is 28.2 Å². The van der Waals surface area contributed by atoms with Gasteiger partial charge in [-0.1, -0.05) is 217 Å². The van der Waals surface area contributed by atoms with Crippen LogP contribution in [0, 0.1) is 39.0 Å². The zero-order valence-electron chi connectivity index (χ0n) is 43.4. The number of para-hydroxylation sites is 3. The molecule has 15 aromatic rings. The van der Waals surface area contributed by atoms with Gasteiger partial charge in [0.1, 0.15) is 16.7 Å².